The van der Waals surface area contributed by atoms with Gasteiger partial charge in [-0.15, -0.1) is 11.6 Å². The summed E-state index contributed by atoms with van der Waals surface area (Å²) in [6.45, 7) is 3.04. The highest BCUT2D eigenvalue weighted by Crippen LogP contribution is 2.30. The van der Waals surface area contributed by atoms with Crippen LogP contribution in [0.15, 0.2) is 60.7 Å². The molecular formula is C28H23ClN6O2. The molecule has 0 spiro atoms. The number of hydrogen-bond acceptors (Lipinski definition) is 5. The van der Waals surface area contributed by atoms with Gasteiger partial charge in [0.15, 0.2) is 0 Å². The number of imidazole rings is 1. The SMILES string of the molecule is Cc1cc2c(cc1-c1cccc(NC(=O)c3ccc(NC(=O)/C=C/CCl)c(C#N)c3)n1)nc1n2CCC1. The van der Waals surface area contributed by atoms with E-state index >= 15 is 0 Å². The van der Waals surface area contributed by atoms with Crippen LogP contribution in [0.5, 0.6) is 0 Å². The summed E-state index contributed by atoms with van der Waals surface area (Å²) in [4.78, 5) is 34.3. The number of nitriles is 1. The lowest BCUT2D eigenvalue weighted by molar-refractivity contribution is -0.111. The standard InChI is InChI=1S/C28H23ClN6O2/c1-17-13-24-23(32-26-7-4-12-35(24)26)15-20(17)22-5-2-6-25(31-22)34-28(37)18-9-10-21(19(14-18)16-30)33-27(36)8-3-11-29/h2-3,5-6,8-10,13-15H,4,7,11-12H2,1H3,(H,33,36)(H,31,34,37)/b8-3+. The van der Waals surface area contributed by atoms with E-state index in [1.807, 2.05) is 25.1 Å². The number of fused-ring (bicyclic) bond motifs is 3. The van der Waals surface area contributed by atoms with Crippen molar-refractivity contribution in [3.05, 3.63) is 83.2 Å². The number of halogens is 1. The average molecular weight is 511 g/mol. The highest BCUT2D eigenvalue weighted by atomic mass is 35.5. The van der Waals surface area contributed by atoms with Crippen LogP contribution in [0, 0.1) is 18.3 Å². The third kappa shape index (κ3) is 4.95. The Morgan fingerprint density at radius 1 is 1.16 bits per heavy atom. The van der Waals surface area contributed by atoms with Crippen LogP contribution in [0.4, 0.5) is 11.5 Å². The van der Waals surface area contributed by atoms with Gasteiger partial charge in [0.2, 0.25) is 5.91 Å². The fourth-order valence-electron chi connectivity index (χ4n) is 4.49. The van der Waals surface area contributed by atoms with E-state index in [1.165, 1.54) is 30.4 Å². The number of hydrogen-bond donors (Lipinski definition) is 2. The monoisotopic (exact) mass is 510 g/mol. The molecule has 184 valence electrons. The first-order valence-electron chi connectivity index (χ1n) is 11.8. The quantitative estimate of drug-likeness (QED) is 0.273. The number of amides is 2. The van der Waals surface area contributed by atoms with E-state index in [1.54, 1.807) is 6.07 Å². The second-order valence-corrected chi connectivity index (χ2v) is 9.03. The molecule has 2 amide bonds. The van der Waals surface area contributed by atoms with Crippen LogP contribution < -0.4 is 10.6 Å². The lowest BCUT2D eigenvalue weighted by Crippen LogP contribution is -2.14. The molecule has 1 aliphatic rings. The van der Waals surface area contributed by atoms with E-state index in [9.17, 15) is 14.9 Å². The number of rotatable bonds is 6. The van der Waals surface area contributed by atoms with Crippen LogP contribution in [0.3, 0.4) is 0 Å². The number of anilines is 2. The Morgan fingerprint density at radius 3 is 2.84 bits per heavy atom. The van der Waals surface area contributed by atoms with E-state index in [-0.39, 0.29) is 17.0 Å². The summed E-state index contributed by atoms with van der Waals surface area (Å²) in [6.07, 6.45) is 4.90. The normalized spacial score (nSPS) is 12.5. The van der Waals surface area contributed by atoms with Gasteiger partial charge in [-0.05, 0) is 61.4 Å². The summed E-state index contributed by atoms with van der Waals surface area (Å²) in [6, 6.07) is 16.1. The lowest BCUT2D eigenvalue weighted by atomic mass is 10.0. The molecule has 2 aromatic heterocycles. The molecule has 0 radical (unpaired) electrons. The Kier molecular flexibility index (Phi) is 6.71. The summed E-state index contributed by atoms with van der Waals surface area (Å²) in [5.74, 6) is 0.876. The molecule has 1 aliphatic heterocycles. The summed E-state index contributed by atoms with van der Waals surface area (Å²) in [5, 5.41) is 14.9. The van der Waals surface area contributed by atoms with Gasteiger partial charge in [-0.2, -0.15) is 5.26 Å². The highest BCUT2D eigenvalue weighted by Gasteiger charge is 2.18. The topological polar surface area (TPSA) is 113 Å². The number of carbonyl (C=O) groups is 2. The zero-order valence-corrected chi connectivity index (χ0v) is 20.8. The van der Waals surface area contributed by atoms with Gasteiger partial charge in [-0.1, -0.05) is 12.1 Å². The third-order valence-electron chi connectivity index (χ3n) is 6.24. The zero-order chi connectivity index (χ0) is 25.9. The maximum atomic E-state index is 12.9. The van der Waals surface area contributed by atoms with Crippen LogP contribution in [-0.2, 0) is 17.8 Å². The molecule has 3 heterocycles. The zero-order valence-electron chi connectivity index (χ0n) is 20.1. The molecule has 2 aromatic carbocycles. The third-order valence-corrected chi connectivity index (χ3v) is 6.42. The molecule has 5 rings (SSSR count). The van der Waals surface area contributed by atoms with Gasteiger partial charge in [0.25, 0.3) is 5.91 Å². The summed E-state index contributed by atoms with van der Waals surface area (Å²) in [5.41, 5.74) is 5.58. The van der Waals surface area contributed by atoms with Crippen LogP contribution in [0.1, 0.15) is 33.7 Å². The summed E-state index contributed by atoms with van der Waals surface area (Å²) >= 11 is 5.55. The number of nitrogens with zero attached hydrogens (tertiary/aromatic N) is 4. The Bertz CT molecular complexity index is 1620. The molecule has 0 atom stereocenters. The first-order chi connectivity index (χ1) is 18.0. The number of allylic oxidation sites excluding steroid dienone is 1. The molecular weight excluding hydrogens is 488 g/mol. The van der Waals surface area contributed by atoms with E-state index in [0.717, 1.165) is 53.1 Å². The molecule has 4 aromatic rings. The Balaban J connectivity index is 1.37. The Hall–Kier alpha value is -4.48. The minimum atomic E-state index is -0.418. The van der Waals surface area contributed by atoms with Gasteiger partial charge in [-0.3, -0.25) is 9.59 Å². The van der Waals surface area contributed by atoms with Gasteiger partial charge in [0, 0.05) is 36.0 Å². The number of alkyl halides is 1. The van der Waals surface area contributed by atoms with E-state index in [2.05, 4.69) is 32.3 Å². The predicted molar refractivity (Wildman–Crippen MR) is 144 cm³/mol. The molecule has 0 saturated heterocycles. The maximum absolute atomic E-state index is 12.9. The van der Waals surface area contributed by atoms with Crippen LogP contribution in [0.25, 0.3) is 22.3 Å². The van der Waals surface area contributed by atoms with Crippen molar-refractivity contribution < 1.29 is 9.59 Å². The Labute approximate surface area is 218 Å². The Morgan fingerprint density at radius 2 is 2.03 bits per heavy atom. The minimum Gasteiger partial charge on any atom is -0.328 e. The molecule has 0 saturated carbocycles. The van der Waals surface area contributed by atoms with Crippen LogP contribution in [0.2, 0.25) is 0 Å². The second-order valence-electron chi connectivity index (χ2n) is 8.72. The smallest absolute Gasteiger partial charge is 0.256 e. The molecule has 8 nitrogen and oxygen atoms in total. The van der Waals surface area contributed by atoms with Crippen molar-refractivity contribution in [1.29, 1.82) is 5.26 Å². The summed E-state index contributed by atoms with van der Waals surface area (Å²) < 4.78 is 2.28. The van der Waals surface area contributed by atoms with Crippen molar-refractivity contribution in [2.45, 2.75) is 26.3 Å². The molecule has 0 unspecified atom stereocenters. The van der Waals surface area contributed by atoms with Gasteiger partial charge < -0.3 is 15.2 Å². The summed E-state index contributed by atoms with van der Waals surface area (Å²) in [7, 11) is 0. The fourth-order valence-corrected chi connectivity index (χ4v) is 4.58. The number of carbonyl (C=O) groups excluding carboxylic acids is 2. The first kappa shape index (κ1) is 24.2. The second kappa shape index (κ2) is 10.2. The number of pyridine rings is 1. The van der Waals surface area contributed by atoms with Gasteiger partial charge >= 0.3 is 0 Å². The largest absolute Gasteiger partial charge is 0.328 e. The molecule has 0 fully saturated rings. The number of aryl methyl sites for hydroxylation is 3. The molecule has 2 N–H and O–H groups in total. The van der Waals surface area contributed by atoms with Crippen molar-refractivity contribution >= 4 is 46.0 Å². The van der Waals surface area contributed by atoms with E-state index < -0.39 is 11.8 Å². The molecule has 0 aliphatic carbocycles. The minimum absolute atomic E-state index is 0.165. The van der Waals surface area contributed by atoms with Gasteiger partial charge in [-0.25, -0.2) is 9.97 Å². The first-order valence-corrected chi connectivity index (χ1v) is 12.4. The molecule has 9 heteroatoms. The van der Waals surface area contributed by atoms with Crippen molar-refractivity contribution in [3.8, 4) is 17.3 Å². The van der Waals surface area contributed by atoms with Crippen LogP contribution in [-0.4, -0.2) is 32.2 Å². The van der Waals surface area contributed by atoms with Crippen LogP contribution >= 0.6 is 11.6 Å². The van der Waals surface area contributed by atoms with Crippen molar-refractivity contribution in [3.63, 3.8) is 0 Å². The predicted octanol–water partition coefficient (Wildman–Crippen LogP) is 5.21. The highest BCUT2D eigenvalue weighted by molar-refractivity contribution is 6.19. The number of aromatic nitrogens is 3. The average Bonchev–Trinajstić information content (AvgIpc) is 3.49. The lowest BCUT2D eigenvalue weighted by Gasteiger charge is -2.11. The maximum Gasteiger partial charge on any atom is 0.256 e. The van der Waals surface area contributed by atoms with Gasteiger partial charge in [0.1, 0.15) is 17.7 Å². The fraction of sp³-hybridized carbons (Fsp3) is 0.179. The van der Waals surface area contributed by atoms with Crippen molar-refractivity contribution in [2.24, 2.45) is 0 Å². The van der Waals surface area contributed by atoms with Gasteiger partial charge in [0.05, 0.1) is 28.0 Å². The van der Waals surface area contributed by atoms with E-state index in [0.29, 0.717) is 11.5 Å². The molecule has 0 bridgehead atoms. The van der Waals surface area contributed by atoms with Crippen molar-refractivity contribution in [1.82, 2.24) is 14.5 Å². The number of benzene rings is 2. The number of nitrogens with one attached hydrogen (secondary N) is 2. The van der Waals surface area contributed by atoms with Crippen molar-refractivity contribution in [2.75, 3.05) is 16.5 Å². The molecule has 37 heavy (non-hydrogen) atoms. The van der Waals surface area contributed by atoms with E-state index in [4.69, 9.17) is 16.6 Å².